The largest absolute Gasteiger partial charge is 0.491 e. The smallest absolute Gasteiger partial charge is 0.262 e. The molecule has 1 N–H and O–H groups in total. The van der Waals surface area contributed by atoms with E-state index in [0.717, 1.165) is 31.2 Å². The molecule has 0 spiro atoms. The Labute approximate surface area is 126 Å². The lowest BCUT2D eigenvalue weighted by Crippen LogP contribution is -2.28. The van der Waals surface area contributed by atoms with Crippen LogP contribution in [0.25, 0.3) is 0 Å². The predicted octanol–water partition coefficient (Wildman–Crippen LogP) is 2.93. The summed E-state index contributed by atoms with van der Waals surface area (Å²) in [4.78, 5) is 7.71. The fraction of sp³-hybridized carbons (Fsp3) is 0.600. The lowest BCUT2D eigenvalue weighted by Gasteiger charge is -2.15. The van der Waals surface area contributed by atoms with Crippen molar-refractivity contribution in [2.24, 2.45) is 0 Å². The van der Waals surface area contributed by atoms with Gasteiger partial charge < -0.3 is 4.74 Å². The van der Waals surface area contributed by atoms with E-state index in [1.165, 1.54) is 6.07 Å². The number of hydrogen-bond acceptors (Lipinski definition) is 4. The van der Waals surface area contributed by atoms with Gasteiger partial charge in [-0.2, -0.15) is 0 Å². The van der Waals surface area contributed by atoms with Crippen LogP contribution in [0.4, 0.5) is 0 Å². The van der Waals surface area contributed by atoms with Gasteiger partial charge in [0, 0.05) is 0 Å². The second kappa shape index (κ2) is 6.77. The van der Waals surface area contributed by atoms with E-state index in [4.69, 9.17) is 9.57 Å². The molecular weight excluding hydrogens is 290 g/mol. The first-order valence-electron chi connectivity index (χ1n) is 7.33. The summed E-state index contributed by atoms with van der Waals surface area (Å²) in [5.41, 5.74) is 0.785. The van der Waals surface area contributed by atoms with Crippen LogP contribution in [0, 0.1) is 6.92 Å². The first-order chi connectivity index (χ1) is 9.88. The molecule has 0 saturated heterocycles. The maximum atomic E-state index is 12.2. The average molecular weight is 313 g/mol. The van der Waals surface area contributed by atoms with Crippen molar-refractivity contribution in [3.05, 3.63) is 23.8 Å². The van der Waals surface area contributed by atoms with Gasteiger partial charge in [0.15, 0.2) is 0 Å². The molecule has 1 aliphatic rings. The number of hydrogen-bond donors (Lipinski definition) is 1. The minimum absolute atomic E-state index is 0.00980. The summed E-state index contributed by atoms with van der Waals surface area (Å²) in [6.07, 6.45) is 4.03. The third-order valence-electron chi connectivity index (χ3n) is 3.45. The van der Waals surface area contributed by atoms with Gasteiger partial charge in [-0.3, -0.25) is 4.84 Å². The maximum Gasteiger partial charge on any atom is 0.262 e. The van der Waals surface area contributed by atoms with Crippen LogP contribution in [0.15, 0.2) is 23.1 Å². The molecule has 1 aromatic rings. The summed E-state index contributed by atoms with van der Waals surface area (Å²) >= 11 is 0. The van der Waals surface area contributed by atoms with E-state index >= 15 is 0 Å². The molecule has 5 nitrogen and oxygen atoms in total. The Hall–Kier alpha value is -1.11. The molecule has 0 bridgehead atoms. The lowest BCUT2D eigenvalue weighted by molar-refractivity contribution is 0.0223. The van der Waals surface area contributed by atoms with Gasteiger partial charge in [0.25, 0.3) is 10.0 Å². The first-order valence-corrected chi connectivity index (χ1v) is 8.81. The Morgan fingerprint density at radius 2 is 1.90 bits per heavy atom. The number of aryl methyl sites for hydroxylation is 1. The van der Waals surface area contributed by atoms with E-state index in [-0.39, 0.29) is 17.1 Å². The fourth-order valence-corrected chi connectivity index (χ4v) is 3.30. The topological polar surface area (TPSA) is 64.6 Å². The van der Waals surface area contributed by atoms with E-state index in [2.05, 4.69) is 4.89 Å². The minimum atomic E-state index is -3.64. The third kappa shape index (κ3) is 4.43. The third-order valence-corrected chi connectivity index (χ3v) is 4.64. The summed E-state index contributed by atoms with van der Waals surface area (Å²) in [6.45, 7) is 5.69. The first kappa shape index (κ1) is 16.3. The molecule has 1 aromatic carbocycles. The predicted molar refractivity (Wildman–Crippen MR) is 80.6 cm³/mol. The van der Waals surface area contributed by atoms with Gasteiger partial charge in [-0.25, -0.2) is 8.42 Å². The number of rotatable bonds is 6. The van der Waals surface area contributed by atoms with Crippen LogP contribution in [0.2, 0.25) is 0 Å². The Balaban J connectivity index is 2.06. The molecule has 1 fully saturated rings. The van der Waals surface area contributed by atoms with Crippen molar-refractivity contribution in [1.82, 2.24) is 4.89 Å². The fourth-order valence-electron chi connectivity index (χ4n) is 2.36. The number of benzene rings is 1. The molecule has 6 heteroatoms. The number of sulfonamides is 1. The van der Waals surface area contributed by atoms with Crippen molar-refractivity contribution in [1.29, 1.82) is 0 Å². The average Bonchev–Trinajstić information content (AvgIpc) is 2.91. The minimum Gasteiger partial charge on any atom is -0.491 e. The van der Waals surface area contributed by atoms with E-state index in [1.807, 2.05) is 20.8 Å². The molecule has 118 valence electrons. The molecule has 21 heavy (non-hydrogen) atoms. The monoisotopic (exact) mass is 313 g/mol. The standard InChI is InChI=1S/C15H23NO4S/c1-11(2)19-15-9-8-14(10-12(15)3)21(17,18)16-20-13-6-4-5-7-13/h8-11,13,16H,4-7H2,1-3H3. The van der Waals surface area contributed by atoms with Gasteiger partial charge in [0.2, 0.25) is 0 Å². The van der Waals surface area contributed by atoms with Crippen molar-refractivity contribution in [2.45, 2.75) is 63.6 Å². The van der Waals surface area contributed by atoms with Gasteiger partial charge in [-0.1, -0.05) is 17.7 Å². The van der Waals surface area contributed by atoms with Gasteiger partial charge in [-0.05, 0) is 57.4 Å². The highest BCUT2D eigenvalue weighted by Crippen LogP contribution is 2.24. The van der Waals surface area contributed by atoms with Crippen LogP contribution >= 0.6 is 0 Å². The molecule has 1 saturated carbocycles. The molecule has 0 heterocycles. The zero-order chi connectivity index (χ0) is 15.5. The SMILES string of the molecule is Cc1cc(S(=O)(=O)NOC2CCCC2)ccc1OC(C)C. The summed E-state index contributed by atoms with van der Waals surface area (Å²) in [5.74, 6) is 0.695. The van der Waals surface area contributed by atoms with Crippen molar-refractivity contribution < 1.29 is 18.0 Å². The molecule has 0 unspecified atom stereocenters. The molecule has 0 aliphatic heterocycles. The second-order valence-corrected chi connectivity index (χ2v) is 7.35. The molecule has 1 aliphatic carbocycles. The zero-order valence-electron chi connectivity index (χ0n) is 12.8. The van der Waals surface area contributed by atoms with Crippen molar-refractivity contribution >= 4 is 10.0 Å². The normalized spacial score (nSPS) is 16.6. The zero-order valence-corrected chi connectivity index (χ0v) is 13.6. The highest BCUT2D eigenvalue weighted by atomic mass is 32.2. The van der Waals surface area contributed by atoms with Crippen LogP contribution in [0.3, 0.4) is 0 Å². The quantitative estimate of drug-likeness (QED) is 0.820. The van der Waals surface area contributed by atoms with E-state index in [1.54, 1.807) is 12.1 Å². The van der Waals surface area contributed by atoms with Gasteiger partial charge in [-0.15, -0.1) is 0 Å². The van der Waals surface area contributed by atoms with Gasteiger partial charge in [0.1, 0.15) is 5.75 Å². The summed E-state index contributed by atoms with van der Waals surface area (Å²) in [5, 5.41) is 0. The Bertz CT molecular complexity index is 577. The van der Waals surface area contributed by atoms with Crippen molar-refractivity contribution in [2.75, 3.05) is 0 Å². The van der Waals surface area contributed by atoms with Crippen LogP contribution in [-0.4, -0.2) is 20.6 Å². The van der Waals surface area contributed by atoms with Gasteiger partial charge >= 0.3 is 0 Å². The van der Waals surface area contributed by atoms with Crippen LogP contribution in [0.1, 0.15) is 45.1 Å². The summed E-state index contributed by atoms with van der Waals surface area (Å²) in [7, 11) is -3.64. The number of nitrogens with one attached hydrogen (secondary N) is 1. The van der Waals surface area contributed by atoms with Crippen molar-refractivity contribution in [3.63, 3.8) is 0 Å². The Morgan fingerprint density at radius 3 is 2.48 bits per heavy atom. The Kier molecular flexibility index (Phi) is 5.24. The highest BCUT2D eigenvalue weighted by Gasteiger charge is 2.21. The highest BCUT2D eigenvalue weighted by molar-refractivity contribution is 7.89. The van der Waals surface area contributed by atoms with E-state index in [0.29, 0.717) is 5.75 Å². The lowest BCUT2D eigenvalue weighted by atomic mass is 10.2. The molecule has 0 radical (unpaired) electrons. The second-order valence-electron chi connectivity index (χ2n) is 5.70. The summed E-state index contributed by atoms with van der Waals surface area (Å²) < 4.78 is 30.0. The summed E-state index contributed by atoms with van der Waals surface area (Å²) in [6, 6.07) is 4.81. The molecule has 0 atom stereocenters. The molecule has 2 rings (SSSR count). The van der Waals surface area contributed by atoms with Gasteiger partial charge in [0.05, 0.1) is 17.1 Å². The Morgan fingerprint density at radius 1 is 1.24 bits per heavy atom. The van der Waals surface area contributed by atoms with Crippen molar-refractivity contribution in [3.8, 4) is 5.75 Å². The van der Waals surface area contributed by atoms with Crippen LogP contribution < -0.4 is 9.62 Å². The van der Waals surface area contributed by atoms with Crippen LogP contribution in [0.5, 0.6) is 5.75 Å². The number of ether oxygens (including phenoxy) is 1. The van der Waals surface area contributed by atoms with Crippen LogP contribution in [-0.2, 0) is 14.9 Å². The molecule has 0 aromatic heterocycles. The van der Waals surface area contributed by atoms with E-state index < -0.39 is 10.0 Å². The maximum absolute atomic E-state index is 12.2. The molecule has 0 amide bonds. The van der Waals surface area contributed by atoms with E-state index in [9.17, 15) is 8.42 Å². The molecular formula is C15H23NO4S.